The van der Waals surface area contributed by atoms with E-state index < -0.39 is 10.0 Å². The summed E-state index contributed by atoms with van der Waals surface area (Å²) < 4.78 is 25.7. The first-order valence-corrected chi connectivity index (χ1v) is 8.88. The van der Waals surface area contributed by atoms with Gasteiger partial charge in [0.25, 0.3) is 0 Å². The van der Waals surface area contributed by atoms with Gasteiger partial charge in [-0.15, -0.1) is 0 Å². The van der Waals surface area contributed by atoms with Gasteiger partial charge in [-0.05, 0) is 31.7 Å². The Bertz CT molecular complexity index is 317. The Morgan fingerprint density at radius 2 is 2.18 bits per heavy atom. The predicted octanol–water partition coefficient (Wildman–Crippen LogP) is 0.999. The predicted molar refractivity (Wildman–Crippen MR) is 75.0 cm³/mol. The summed E-state index contributed by atoms with van der Waals surface area (Å²) >= 11 is 1.96. The number of nitrogens with zero attached hydrogens (tertiary/aromatic N) is 1. The number of sulfonamides is 1. The van der Waals surface area contributed by atoms with Crippen molar-refractivity contribution in [3.63, 3.8) is 0 Å². The summed E-state index contributed by atoms with van der Waals surface area (Å²) in [5.74, 6) is 3.02. The highest BCUT2D eigenvalue weighted by Crippen LogP contribution is 2.17. The maximum atomic E-state index is 11.6. The van der Waals surface area contributed by atoms with Crippen molar-refractivity contribution in [1.29, 1.82) is 0 Å². The Morgan fingerprint density at radius 3 is 2.76 bits per heavy atom. The van der Waals surface area contributed by atoms with Crippen molar-refractivity contribution in [3.05, 3.63) is 0 Å². The molecule has 0 unspecified atom stereocenters. The molecule has 0 aromatic carbocycles. The third-order valence-corrected chi connectivity index (χ3v) is 6.16. The molecule has 0 saturated carbocycles. The minimum atomic E-state index is -3.07. The first-order chi connectivity index (χ1) is 7.95. The Kier molecular flexibility index (Phi) is 6.26. The van der Waals surface area contributed by atoms with Gasteiger partial charge in [0.15, 0.2) is 0 Å². The lowest BCUT2D eigenvalue weighted by molar-refractivity contribution is 0.361. The Labute approximate surface area is 110 Å². The molecule has 1 atom stereocenters. The highest BCUT2D eigenvalue weighted by molar-refractivity contribution is 7.99. The van der Waals surface area contributed by atoms with Gasteiger partial charge in [0, 0.05) is 18.8 Å². The molecule has 0 aromatic rings. The molecule has 0 spiro atoms. The molecule has 6 heteroatoms. The maximum absolute atomic E-state index is 11.6. The van der Waals surface area contributed by atoms with E-state index in [0.717, 1.165) is 31.2 Å². The molecule has 0 aromatic heterocycles. The van der Waals surface area contributed by atoms with Crippen molar-refractivity contribution in [3.8, 4) is 0 Å². The fraction of sp³-hybridized carbons (Fsp3) is 1.00. The molecule has 1 aliphatic heterocycles. The van der Waals surface area contributed by atoms with E-state index in [1.165, 1.54) is 12.8 Å². The second-order valence-electron chi connectivity index (χ2n) is 4.93. The van der Waals surface area contributed by atoms with Gasteiger partial charge in [-0.2, -0.15) is 11.8 Å². The molecule has 0 radical (unpaired) electrons. The minimum absolute atomic E-state index is 0.220. The highest BCUT2D eigenvalue weighted by atomic mass is 32.2. The summed E-state index contributed by atoms with van der Waals surface area (Å²) in [6.45, 7) is 7.04. The average molecular weight is 280 g/mol. The number of rotatable bonds is 7. The number of nitrogens with one attached hydrogen (secondary N) is 1. The molecule has 1 N–H and O–H groups in total. The molecule has 0 bridgehead atoms. The molecule has 0 aliphatic carbocycles. The number of hydrogen-bond acceptors (Lipinski definition) is 4. The number of thioether (sulfide) groups is 1. The summed E-state index contributed by atoms with van der Waals surface area (Å²) in [4.78, 5) is 2.26. The van der Waals surface area contributed by atoms with Crippen LogP contribution in [0.15, 0.2) is 0 Å². The first-order valence-electron chi connectivity index (χ1n) is 6.18. The lowest BCUT2D eigenvalue weighted by Gasteiger charge is -2.16. The standard InChI is InChI=1S/C11H24N2O2S2/c1-10(2)9-16-7-6-13-5-4-11(8-13)17(14,15)12-3/h10-12H,4-9H2,1-3H3/t11-/m1/s1. The normalized spacial score (nSPS) is 22.5. The van der Waals surface area contributed by atoms with E-state index >= 15 is 0 Å². The quantitative estimate of drug-likeness (QED) is 0.707. The van der Waals surface area contributed by atoms with E-state index in [-0.39, 0.29) is 5.25 Å². The summed E-state index contributed by atoms with van der Waals surface area (Å²) in [7, 11) is -1.58. The van der Waals surface area contributed by atoms with E-state index in [0.29, 0.717) is 6.54 Å². The molecule has 0 amide bonds. The van der Waals surface area contributed by atoms with Gasteiger partial charge in [-0.25, -0.2) is 13.1 Å². The zero-order valence-electron chi connectivity index (χ0n) is 11.0. The van der Waals surface area contributed by atoms with Crippen molar-refractivity contribution in [2.24, 2.45) is 5.92 Å². The molecular weight excluding hydrogens is 256 g/mol. The molecule has 102 valence electrons. The summed E-state index contributed by atoms with van der Waals surface area (Å²) in [6.07, 6.45) is 0.762. The van der Waals surface area contributed by atoms with Crippen LogP contribution in [0.2, 0.25) is 0 Å². The van der Waals surface area contributed by atoms with Crippen molar-refractivity contribution in [1.82, 2.24) is 9.62 Å². The van der Waals surface area contributed by atoms with Gasteiger partial charge in [0.05, 0.1) is 5.25 Å². The van der Waals surface area contributed by atoms with Gasteiger partial charge >= 0.3 is 0 Å². The van der Waals surface area contributed by atoms with Crippen LogP contribution >= 0.6 is 11.8 Å². The van der Waals surface area contributed by atoms with Crippen molar-refractivity contribution in [2.45, 2.75) is 25.5 Å². The van der Waals surface area contributed by atoms with E-state index in [1.54, 1.807) is 0 Å². The van der Waals surface area contributed by atoms with Crippen molar-refractivity contribution < 1.29 is 8.42 Å². The van der Waals surface area contributed by atoms with Crippen LogP contribution in [-0.2, 0) is 10.0 Å². The fourth-order valence-electron chi connectivity index (χ4n) is 1.93. The molecule has 1 rings (SSSR count). The molecule has 17 heavy (non-hydrogen) atoms. The SMILES string of the molecule is CNS(=O)(=O)[C@@H]1CCN(CCSCC(C)C)C1. The van der Waals surface area contributed by atoms with Crippen LogP contribution in [0.4, 0.5) is 0 Å². The second kappa shape index (κ2) is 6.97. The molecule has 1 heterocycles. The van der Waals surface area contributed by atoms with Crippen molar-refractivity contribution >= 4 is 21.8 Å². The third-order valence-electron chi connectivity index (χ3n) is 2.96. The summed E-state index contributed by atoms with van der Waals surface area (Å²) in [6, 6.07) is 0. The molecule has 1 fully saturated rings. The van der Waals surface area contributed by atoms with Gasteiger partial charge in [-0.3, -0.25) is 0 Å². The molecular formula is C11H24N2O2S2. The third kappa shape index (κ3) is 5.16. The smallest absolute Gasteiger partial charge is 0.215 e. The van der Waals surface area contributed by atoms with Crippen LogP contribution in [0.5, 0.6) is 0 Å². The molecule has 1 saturated heterocycles. The Balaban J connectivity index is 2.22. The van der Waals surface area contributed by atoms with Gasteiger partial charge in [0.2, 0.25) is 10.0 Å². The van der Waals surface area contributed by atoms with Crippen LogP contribution in [0.1, 0.15) is 20.3 Å². The van der Waals surface area contributed by atoms with Crippen LogP contribution in [0.3, 0.4) is 0 Å². The lowest BCUT2D eigenvalue weighted by atomic mass is 10.3. The van der Waals surface area contributed by atoms with E-state index in [4.69, 9.17) is 0 Å². The minimum Gasteiger partial charge on any atom is -0.301 e. The van der Waals surface area contributed by atoms with Gasteiger partial charge in [-0.1, -0.05) is 13.8 Å². The largest absolute Gasteiger partial charge is 0.301 e. The Hall–Kier alpha value is 0.220. The van der Waals surface area contributed by atoms with Gasteiger partial charge < -0.3 is 4.90 Å². The number of likely N-dealkylation sites (tertiary alicyclic amines) is 1. The van der Waals surface area contributed by atoms with E-state index in [1.807, 2.05) is 11.8 Å². The monoisotopic (exact) mass is 280 g/mol. The second-order valence-corrected chi connectivity index (χ2v) is 8.24. The summed E-state index contributed by atoms with van der Waals surface area (Å²) in [5, 5.41) is -0.220. The van der Waals surface area contributed by atoms with Crippen LogP contribution < -0.4 is 4.72 Å². The molecule has 1 aliphatic rings. The zero-order valence-corrected chi connectivity index (χ0v) is 12.6. The Morgan fingerprint density at radius 1 is 1.47 bits per heavy atom. The molecule has 4 nitrogen and oxygen atoms in total. The lowest BCUT2D eigenvalue weighted by Crippen LogP contribution is -2.34. The van der Waals surface area contributed by atoms with Crippen LogP contribution in [-0.4, -0.2) is 56.8 Å². The van der Waals surface area contributed by atoms with Crippen LogP contribution in [0.25, 0.3) is 0 Å². The topological polar surface area (TPSA) is 49.4 Å². The highest BCUT2D eigenvalue weighted by Gasteiger charge is 2.31. The van der Waals surface area contributed by atoms with E-state index in [2.05, 4.69) is 23.5 Å². The van der Waals surface area contributed by atoms with Gasteiger partial charge in [0.1, 0.15) is 0 Å². The fourth-order valence-corrected chi connectivity index (χ4v) is 4.11. The first kappa shape index (κ1) is 15.3. The summed E-state index contributed by atoms with van der Waals surface area (Å²) in [5.41, 5.74) is 0. The van der Waals surface area contributed by atoms with Crippen molar-refractivity contribution in [2.75, 3.05) is 38.2 Å². The van der Waals surface area contributed by atoms with E-state index in [9.17, 15) is 8.42 Å². The zero-order chi connectivity index (χ0) is 12.9. The number of hydrogen-bond donors (Lipinski definition) is 1. The maximum Gasteiger partial charge on any atom is 0.215 e. The van der Waals surface area contributed by atoms with Crippen LogP contribution in [0, 0.1) is 5.92 Å². The average Bonchev–Trinajstić information content (AvgIpc) is 2.73.